The quantitative estimate of drug-likeness (QED) is 0.750. The van der Waals surface area contributed by atoms with Crippen LogP contribution in [-0.2, 0) is 0 Å². The first kappa shape index (κ1) is 12.7. The number of carbonyl (C=O) groups is 1. The summed E-state index contributed by atoms with van der Waals surface area (Å²) >= 11 is 3.38. The van der Waals surface area contributed by atoms with Gasteiger partial charge in [-0.05, 0) is 25.1 Å². The second kappa shape index (κ2) is 4.38. The van der Waals surface area contributed by atoms with Crippen LogP contribution in [0.1, 0.15) is 16.1 Å². The number of nitrogen functional groups attached to an aromatic ring is 1. The van der Waals surface area contributed by atoms with Gasteiger partial charge in [-0.1, -0.05) is 22.0 Å². The summed E-state index contributed by atoms with van der Waals surface area (Å²) in [6, 6.07) is 7.43. The summed E-state index contributed by atoms with van der Waals surface area (Å²) < 4.78 is 7.81. The predicted octanol–water partition coefficient (Wildman–Crippen LogP) is 2.97. The second-order valence-corrected chi connectivity index (χ2v) is 5.22. The number of hydrogen-bond acceptors (Lipinski definition) is 4. The maximum Gasteiger partial charge on any atom is 0.342 e. The van der Waals surface area contributed by atoms with Crippen molar-refractivity contribution < 1.29 is 14.3 Å². The molecular weight excluding hydrogens is 326 g/mol. The Morgan fingerprint density at radius 3 is 2.90 bits per heavy atom. The summed E-state index contributed by atoms with van der Waals surface area (Å²) in [7, 11) is 0. The van der Waals surface area contributed by atoms with Crippen LogP contribution in [0, 0.1) is 6.92 Å². The van der Waals surface area contributed by atoms with E-state index in [4.69, 9.17) is 10.2 Å². The lowest BCUT2D eigenvalue weighted by molar-refractivity contribution is 0.0699. The first-order valence-electron chi connectivity index (χ1n) is 5.76. The Balaban J connectivity index is 2.34. The van der Waals surface area contributed by atoms with Crippen molar-refractivity contribution in [1.82, 2.24) is 9.78 Å². The molecule has 6 nitrogen and oxygen atoms in total. The van der Waals surface area contributed by atoms with Crippen molar-refractivity contribution in [2.24, 2.45) is 0 Å². The van der Waals surface area contributed by atoms with Crippen LogP contribution in [0.2, 0.25) is 0 Å². The normalized spacial score (nSPS) is 11.1. The number of fused-ring (bicyclic) bond motifs is 1. The van der Waals surface area contributed by atoms with Crippen LogP contribution in [0.15, 0.2) is 33.2 Å². The van der Waals surface area contributed by atoms with Crippen molar-refractivity contribution in [3.8, 4) is 5.69 Å². The summed E-state index contributed by atoms with van der Waals surface area (Å²) in [4.78, 5) is 11.3. The van der Waals surface area contributed by atoms with Gasteiger partial charge in [0.1, 0.15) is 5.56 Å². The van der Waals surface area contributed by atoms with Crippen LogP contribution in [0.5, 0.6) is 0 Å². The molecule has 3 rings (SSSR count). The number of aryl methyl sites for hydroxylation is 1. The first-order valence-corrected chi connectivity index (χ1v) is 6.55. The summed E-state index contributed by atoms with van der Waals surface area (Å²) in [6.45, 7) is 1.72. The molecule has 3 aromatic rings. The average Bonchev–Trinajstić information content (AvgIpc) is 2.86. The standard InChI is InChI=1S/C13H10BrN3O3/c1-6-9-10(13(18)19)11(15)20-12(9)17(16-6)8-4-2-3-7(14)5-8/h2-5H,15H2,1H3,(H,18,19). The van der Waals surface area contributed by atoms with Crippen molar-refractivity contribution in [1.29, 1.82) is 0 Å². The largest absolute Gasteiger partial charge is 0.477 e. The fraction of sp³-hybridized carbons (Fsp3) is 0.0769. The molecule has 0 aliphatic rings. The number of hydrogen-bond donors (Lipinski definition) is 2. The Bertz CT molecular complexity index is 835. The lowest BCUT2D eigenvalue weighted by Gasteiger charge is -2.01. The number of nitrogens with zero attached hydrogens (tertiary/aromatic N) is 2. The fourth-order valence-corrected chi connectivity index (χ4v) is 2.55. The maximum atomic E-state index is 11.3. The number of furan rings is 1. The highest BCUT2D eigenvalue weighted by Gasteiger charge is 2.25. The third-order valence-electron chi connectivity index (χ3n) is 2.99. The van der Waals surface area contributed by atoms with E-state index in [1.54, 1.807) is 6.92 Å². The highest BCUT2D eigenvalue weighted by molar-refractivity contribution is 9.10. The Labute approximate surface area is 121 Å². The third-order valence-corrected chi connectivity index (χ3v) is 3.48. The smallest absolute Gasteiger partial charge is 0.342 e. The molecule has 20 heavy (non-hydrogen) atoms. The average molecular weight is 336 g/mol. The summed E-state index contributed by atoms with van der Waals surface area (Å²) in [5.41, 5.74) is 7.24. The van der Waals surface area contributed by atoms with E-state index in [0.717, 1.165) is 10.2 Å². The zero-order valence-corrected chi connectivity index (χ0v) is 12.0. The van der Waals surface area contributed by atoms with Crippen LogP contribution < -0.4 is 5.73 Å². The maximum absolute atomic E-state index is 11.3. The van der Waals surface area contributed by atoms with Crippen molar-refractivity contribution in [2.75, 3.05) is 5.73 Å². The number of rotatable bonds is 2. The molecule has 0 amide bonds. The number of halogens is 1. The van der Waals surface area contributed by atoms with Crippen LogP contribution in [0.25, 0.3) is 16.8 Å². The monoisotopic (exact) mass is 335 g/mol. The van der Waals surface area contributed by atoms with Crippen LogP contribution in [0.4, 0.5) is 5.88 Å². The molecule has 0 atom stereocenters. The number of aromatic nitrogens is 2. The van der Waals surface area contributed by atoms with Gasteiger partial charge in [-0.25, -0.2) is 4.79 Å². The topological polar surface area (TPSA) is 94.3 Å². The first-order chi connectivity index (χ1) is 9.49. The Morgan fingerprint density at radius 1 is 1.50 bits per heavy atom. The van der Waals surface area contributed by atoms with E-state index in [9.17, 15) is 9.90 Å². The molecule has 0 unspecified atom stereocenters. The molecule has 0 aliphatic heterocycles. The van der Waals surface area contributed by atoms with Crippen molar-refractivity contribution in [3.05, 3.63) is 40.0 Å². The molecule has 1 aromatic carbocycles. The molecule has 0 bridgehead atoms. The van der Waals surface area contributed by atoms with Gasteiger partial charge in [-0.2, -0.15) is 9.78 Å². The molecule has 0 fully saturated rings. The second-order valence-electron chi connectivity index (χ2n) is 4.30. The fourth-order valence-electron chi connectivity index (χ4n) is 2.16. The molecule has 0 spiro atoms. The third kappa shape index (κ3) is 1.78. The Morgan fingerprint density at radius 2 is 2.25 bits per heavy atom. The highest BCUT2D eigenvalue weighted by atomic mass is 79.9. The highest BCUT2D eigenvalue weighted by Crippen LogP contribution is 2.32. The number of nitrogens with two attached hydrogens (primary N) is 1. The van der Waals surface area contributed by atoms with E-state index < -0.39 is 5.97 Å². The summed E-state index contributed by atoms with van der Waals surface area (Å²) in [6.07, 6.45) is 0. The van der Waals surface area contributed by atoms with Gasteiger partial charge in [0.05, 0.1) is 16.8 Å². The van der Waals surface area contributed by atoms with Crippen molar-refractivity contribution in [2.45, 2.75) is 6.92 Å². The van der Waals surface area contributed by atoms with Crippen molar-refractivity contribution in [3.63, 3.8) is 0 Å². The minimum atomic E-state index is -1.13. The van der Waals surface area contributed by atoms with E-state index >= 15 is 0 Å². The number of benzene rings is 1. The molecule has 0 saturated heterocycles. The molecular formula is C13H10BrN3O3. The van der Waals surface area contributed by atoms with Gasteiger partial charge in [0.2, 0.25) is 11.6 Å². The van der Waals surface area contributed by atoms with Crippen LogP contribution in [0.3, 0.4) is 0 Å². The molecule has 102 valence electrons. The van der Waals surface area contributed by atoms with E-state index in [0.29, 0.717) is 16.8 Å². The number of carboxylic acid groups (broad SMARTS) is 1. The van der Waals surface area contributed by atoms with E-state index in [2.05, 4.69) is 21.0 Å². The molecule has 7 heteroatoms. The molecule has 0 aliphatic carbocycles. The number of aromatic carboxylic acids is 1. The SMILES string of the molecule is Cc1nn(-c2cccc(Br)c2)c2oc(N)c(C(=O)O)c12. The minimum absolute atomic E-state index is 0.0428. The van der Waals surface area contributed by atoms with Gasteiger partial charge in [0, 0.05) is 4.47 Å². The van der Waals surface area contributed by atoms with Gasteiger partial charge < -0.3 is 15.3 Å². The molecule has 0 radical (unpaired) electrons. The summed E-state index contributed by atoms with van der Waals surface area (Å²) in [5, 5.41) is 14.0. The van der Waals surface area contributed by atoms with Gasteiger partial charge in [-0.3, -0.25) is 0 Å². The Kier molecular flexibility index (Phi) is 2.79. The van der Waals surface area contributed by atoms with Crippen LogP contribution in [-0.4, -0.2) is 20.9 Å². The molecule has 2 aromatic heterocycles. The van der Waals surface area contributed by atoms with E-state index in [-0.39, 0.29) is 11.4 Å². The van der Waals surface area contributed by atoms with E-state index in [1.807, 2.05) is 24.3 Å². The lowest BCUT2D eigenvalue weighted by atomic mass is 10.2. The zero-order chi connectivity index (χ0) is 14.4. The summed E-state index contributed by atoms with van der Waals surface area (Å²) in [5.74, 6) is -1.24. The Hall–Kier alpha value is -2.28. The van der Waals surface area contributed by atoms with Gasteiger partial charge >= 0.3 is 5.97 Å². The minimum Gasteiger partial charge on any atom is -0.477 e. The lowest BCUT2D eigenvalue weighted by Crippen LogP contribution is -2.00. The number of anilines is 1. The predicted molar refractivity (Wildman–Crippen MR) is 77.1 cm³/mol. The molecule has 0 saturated carbocycles. The molecule has 2 heterocycles. The van der Waals surface area contributed by atoms with Crippen LogP contribution >= 0.6 is 15.9 Å². The number of carboxylic acids is 1. The van der Waals surface area contributed by atoms with Gasteiger partial charge in [0.25, 0.3) is 0 Å². The molecule has 3 N–H and O–H groups in total. The zero-order valence-electron chi connectivity index (χ0n) is 10.4. The van der Waals surface area contributed by atoms with E-state index in [1.165, 1.54) is 4.68 Å². The van der Waals surface area contributed by atoms with Gasteiger partial charge in [-0.15, -0.1) is 0 Å². The van der Waals surface area contributed by atoms with Gasteiger partial charge in [0.15, 0.2) is 0 Å². The van der Waals surface area contributed by atoms with Crippen molar-refractivity contribution >= 4 is 38.9 Å².